The van der Waals surface area contributed by atoms with Crippen LogP contribution < -0.4 is 14.9 Å². The molecule has 12 nitrogen and oxygen atoms in total. The van der Waals surface area contributed by atoms with Gasteiger partial charge in [-0.25, -0.2) is 13.2 Å². The van der Waals surface area contributed by atoms with Crippen LogP contribution >= 0.6 is 22.9 Å². The zero-order valence-electron chi connectivity index (χ0n) is 23.8. The van der Waals surface area contributed by atoms with Crippen LogP contribution in [0.15, 0.2) is 45.8 Å². The normalized spacial score (nSPS) is 16.3. The molecule has 45 heavy (non-hydrogen) atoms. The van der Waals surface area contributed by atoms with Crippen molar-refractivity contribution in [1.29, 1.82) is 0 Å². The largest absolute Gasteiger partial charge is 0.490 e. The first kappa shape index (κ1) is 34.4. The number of aromatic nitrogens is 1. The number of thiophene rings is 1. The molecule has 0 saturated carbocycles. The Morgan fingerprint density at radius 2 is 1.89 bits per heavy atom. The molecule has 2 aliphatic rings. The molecule has 2 fully saturated rings. The van der Waals surface area contributed by atoms with Gasteiger partial charge in [0.25, 0.3) is 0 Å². The summed E-state index contributed by atoms with van der Waals surface area (Å²) >= 11 is 7.37. The zero-order valence-corrected chi connectivity index (χ0v) is 26.2. The number of hydrogen-bond acceptors (Lipinski definition) is 9. The predicted octanol–water partition coefficient (Wildman–Crippen LogP) is 3.45. The Bertz CT molecular complexity index is 1660. The van der Waals surface area contributed by atoms with Crippen molar-refractivity contribution in [1.82, 2.24) is 20.1 Å². The molecule has 1 atom stereocenters. The summed E-state index contributed by atoms with van der Waals surface area (Å²) in [5.74, 6) is -2.63. The van der Waals surface area contributed by atoms with E-state index in [0.717, 1.165) is 11.3 Å². The average Bonchev–Trinajstić information content (AvgIpc) is 3.74. The third kappa shape index (κ3) is 8.61. The highest BCUT2D eigenvalue weighted by atomic mass is 35.5. The number of carbonyl (C=O) groups excluding carboxylic acids is 2. The summed E-state index contributed by atoms with van der Waals surface area (Å²) < 4.78 is 67.8. The van der Waals surface area contributed by atoms with E-state index in [0.29, 0.717) is 66.2 Å². The SMILES string of the molecule is Cc1c(N2CCCC2=O)cccc1S(=O)(=O)NC(Cc1cc(-c2ccc(Cl)s2)on1)C(=O)N1CCNCC1.O=C(O)C(F)(F)F. The minimum atomic E-state index is -5.08. The number of carbonyl (C=O) groups is 3. The number of alkyl halides is 3. The molecule has 0 aliphatic carbocycles. The van der Waals surface area contributed by atoms with Gasteiger partial charge in [-0.3, -0.25) is 9.59 Å². The Labute approximate surface area is 265 Å². The molecule has 2 aromatic heterocycles. The van der Waals surface area contributed by atoms with Gasteiger partial charge in [-0.2, -0.15) is 17.9 Å². The number of halogens is 4. The number of aliphatic carboxylic acids is 1. The van der Waals surface area contributed by atoms with Crippen LogP contribution in [-0.4, -0.2) is 86.3 Å². The van der Waals surface area contributed by atoms with Crippen molar-refractivity contribution in [2.24, 2.45) is 0 Å². The summed E-state index contributed by atoms with van der Waals surface area (Å²) in [6.07, 6.45) is -3.91. The quantitative estimate of drug-likeness (QED) is 0.321. The molecule has 2 aliphatic heterocycles. The second-order valence-electron chi connectivity index (χ2n) is 10.1. The van der Waals surface area contributed by atoms with E-state index in [4.69, 9.17) is 26.0 Å². The Kier molecular flexibility index (Phi) is 10.9. The summed E-state index contributed by atoms with van der Waals surface area (Å²) in [5, 5.41) is 14.4. The number of nitrogens with zero attached hydrogens (tertiary/aromatic N) is 3. The molecule has 18 heteroatoms. The van der Waals surface area contributed by atoms with Gasteiger partial charge in [-0.15, -0.1) is 11.3 Å². The van der Waals surface area contributed by atoms with E-state index >= 15 is 0 Å². The fourth-order valence-electron chi connectivity index (χ4n) is 4.81. The fourth-order valence-corrected chi connectivity index (χ4v) is 7.25. The van der Waals surface area contributed by atoms with Crippen LogP contribution in [0.3, 0.4) is 0 Å². The number of amides is 2. The maximum absolute atomic E-state index is 13.7. The van der Waals surface area contributed by atoms with E-state index in [9.17, 15) is 31.2 Å². The standard InChI is InChI=1S/C25H28ClN5O5S2.C2HF3O2/c1-16-19(31-11-3-6-24(31)32)4-2-5-22(16)38(34,35)29-18(25(33)30-12-9-27-10-13-30)14-17-15-20(36-28-17)21-7-8-23(26)37-21;3-2(4,5)1(6)7/h2,4-5,7-8,15,18,27,29H,3,6,9-14H2,1H3;(H,6,7). The lowest BCUT2D eigenvalue weighted by atomic mass is 10.1. The number of nitrogens with one attached hydrogen (secondary N) is 2. The van der Waals surface area contributed by atoms with E-state index < -0.39 is 28.2 Å². The molecule has 3 N–H and O–H groups in total. The second-order valence-corrected chi connectivity index (χ2v) is 13.5. The lowest BCUT2D eigenvalue weighted by Gasteiger charge is -2.31. The van der Waals surface area contributed by atoms with Crippen molar-refractivity contribution in [2.45, 2.75) is 43.3 Å². The first-order valence-corrected chi connectivity index (χ1v) is 16.3. The van der Waals surface area contributed by atoms with E-state index in [1.807, 2.05) is 6.07 Å². The van der Waals surface area contributed by atoms with Crippen LogP contribution in [0.4, 0.5) is 18.9 Å². The number of piperazine rings is 1. The summed E-state index contributed by atoms with van der Waals surface area (Å²) in [6, 6.07) is 9.01. The second kappa shape index (κ2) is 14.3. The summed E-state index contributed by atoms with van der Waals surface area (Å²) in [4.78, 5) is 38.8. The van der Waals surface area contributed by atoms with Gasteiger partial charge in [0.05, 0.1) is 19.8 Å². The smallest absolute Gasteiger partial charge is 0.475 e. The van der Waals surface area contributed by atoms with Crippen LogP contribution in [0.25, 0.3) is 10.6 Å². The number of anilines is 1. The topological polar surface area (TPSA) is 162 Å². The van der Waals surface area contributed by atoms with Crippen molar-refractivity contribution < 1.29 is 45.6 Å². The summed E-state index contributed by atoms with van der Waals surface area (Å²) in [7, 11) is -4.13. The maximum Gasteiger partial charge on any atom is 0.490 e. The van der Waals surface area contributed by atoms with Crippen LogP contribution in [0.5, 0.6) is 0 Å². The van der Waals surface area contributed by atoms with E-state index in [2.05, 4.69) is 15.2 Å². The molecule has 0 spiro atoms. The molecular weight excluding hydrogens is 663 g/mol. The minimum Gasteiger partial charge on any atom is -0.475 e. The molecule has 244 valence electrons. The van der Waals surface area contributed by atoms with Gasteiger partial charge in [0.15, 0.2) is 5.76 Å². The number of hydrogen-bond donors (Lipinski definition) is 3. The van der Waals surface area contributed by atoms with E-state index in [-0.39, 0.29) is 23.1 Å². The molecule has 2 saturated heterocycles. The molecule has 0 radical (unpaired) electrons. The van der Waals surface area contributed by atoms with Crippen molar-refractivity contribution >= 4 is 56.4 Å². The number of sulfonamides is 1. The van der Waals surface area contributed by atoms with Crippen molar-refractivity contribution in [3.63, 3.8) is 0 Å². The number of benzene rings is 1. The monoisotopic (exact) mass is 691 g/mol. The fraction of sp³-hybridized carbons (Fsp3) is 0.407. The summed E-state index contributed by atoms with van der Waals surface area (Å²) in [6.45, 7) is 4.43. The molecule has 0 bridgehead atoms. The highest BCUT2D eigenvalue weighted by Gasteiger charge is 2.38. The first-order valence-electron chi connectivity index (χ1n) is 13.6. The lowest BCUT2D eigenvalue weighted by molar-refractivity contribution is -0.192. The van der Waals surface area contributed by atoms with Crippen LogP contribution in [0.2, 0.25) is 4.34 Å². The van der Waals surface area contributed by atoms with Gasteiger partial charge < -0.3 is 24.7 Å². The zero-order chi connectivity index (χ0) is 32.9. The minimum absolute atomic E-state index is 0.00789. The Morgan fingerprint density at radius 1 is 1.20 bits per heavy atom. The van der Waals surface area contributed by atoms with Crippen molar-refractivity contribution in [3.8, 4) is 10.6 Å². The number of carboxylic acid groups (broad SMARTS) is 1. The third-order valence-corrected chi connectivity index (χ3v) is 9.83. The van der Waals surface area contributed by atoms with Crippen molar-refractivity contribution in [3.05, 3.63) is 52.0 Å². The molecule has 3 aromatic rings. The maximum atomic E-state index is 13.7. The van der Waals surface area contributed by atoms with E-state index in [1.165, 1.54) is 17.4 Å². The van der Waals surface area contributed by atoms with Gasteiger partial charge >= 0.3 is 12.1 Å². The summed E-state index contributed by atoms with van der Waals surface area (Å²) in [5.41, 5.74) is 1.46. The highest BCUT2D eigenvalue weighted by molar-refractivity contribution is 7.89. The predicted molar refractivity (Wildman–Crippen MR) is 159 cm³/mol. The molecule has 1 aromatic carbocycles. The highest BCUT2D eigenvalue weighted by Crippen LogP contribution is 2.32. The molecule has 4 heterocycles. The molecule has 2 amide bonds. The van der Waals surface area contributed by atoms with Gasteiger partial charge in [-0.1, -0.05) is 22.8 Å². The average molecular weight is 692 g/mol. The third-order valence-electron chi connectivity index (χ3n) is 6.96. The molecule has 5 rings (SSSR count). The van der Waals surface area contributed by atoms with Crippen molar-refractivity contribution in [2.75, 3.05) is 37.6 Å². The Hall–Kier alpha value is -3.51. The first-order chi connectivity index (χ1) is 21.2. The van der Waals surface area contributed by atoms with Gasteiger partial charge in [0, 0.05) is 57.3 Å². The lowest BCUT2D eigenvalue weighted by Crippen LogP contribution is -2.54. The Morgan fingerprint density at radius 3 is 2.47 bits per heavy atom. The number of rotatable bonds is 8. The van der Waals surface area contributed by atoms with Gasteiger partial charge in [0.2, 0.25) is 21.8 Å². The number of carboxylic acids is 1. The molecular formula is C27H29ClF3N5O7S2. The van der Waals surface area contributed by atoms with Crippen LogP contribution in [-0.2, 0) is 30.8 Å². The van der Waals surface area contributed by atoms with Crippen LogP contribution in [0, 0.1) is 6.92 Å². The van der Waals surface area contributed by atoms with Gasteiger partial charge in [0.1, 0.15) is 6.04 Å². The van der Waals surface area contributed by atoms with Crippen LogP contribution in [0.1, 0.15) is 24.1 Å². The molecule has 1 unspecified atom stereocenters. The Balaban J connectivity index is 0.000000591. The van der Waals surface area contributed by atoms with Gasteiger partial charge in [-0.05, 0) is 43.2 Å². The van der Waals surface area contributed by atoms with E-state index in [1.54, 1.807) is 41.0 Å².